The van der Waals surface area contributed by atoms with Gasteiger partial charge in [-0.15, -0.1) is 0 Å². The third-order valence-corrected chi connectivity index (χ3v) is 3.83. The third-order valence-electron chi connectivity index (χ3n) is 3.83. The number of esters is 1. The summed E-state index contributed by atoms with van der Waals surface area (Å²) < 4.78 is 77.8. The summed E-state index contributed by atoms with van der Waals surface area (Å²) in [6.07, 6.45) is -3.49. The number of hydrogen-bond donors (Lipinski definition) is 0. The van der Waals surface area contributed by atoms with Gasteiger partial charge in [-0.1, -0.05) is 12.2 Å². The molecule has 1 fully saturated rings. The van der Waals surface area contributed by atoms with Gasteiger partial charge in [-0.05, 0) is 27.2 Å². The van der Waals surface area contributed by atoms with E-state index in [1.165, 1.54) is 20.8 Å². The first kappa shape index (κ1) is 17.2. The van der Waals surface area contributed by atoms with Crippen LogP contribution in [0, 0.1) is 11.8 Å². The topological polar surface area (TPSA) is 35.5 Å². The van der Waals surface area contributed by atoms with Crippen LogP contribution in [0.2, 0.25) is 0 Å². The molecule has 0 aromatic carbocycles. The van der Waals surface area contributed by atoms with Crippen LogP contribution in [0.1, 0.15) is 27.2 Å². The SMILES string of the molecule is CC(C)(C)OC(=O)COC1(C(F)(F)F)C2C=CC(C2)C1(F)F. The Bertz CT molecular complexity index is 492. The molecule has 3 atom stereocenters. The standard InChI is InChI=1S/C14H17F5O3/c1-11(2,3)22-10(20)7-21-12(14(17,18)19)8-4-5-9(6-8)13(12,15)16/h4-5,8-9H,6-7H2,1-3H3. The predicted octanol–water partition coefficient (Wildman–Crippen LogP) is 3.49. The minimum absolute atomic E-state index is 0.346. The van der Waals surface area contributed by atoms with Crippen molar-refractivity contribution >= 4 is 5.97 Å². The summed E-state index contributed by atoms with van der Waals surface area (Å²) in [5, 5.41) is 0. The molecule has 126 valence electrons. The Balaban J connectivity index is 2.23. The summed E-state index contributed by atoms with van der Waals surface area (Å²) in [4.78, 5) is 11.5. The number of hydrogen-bond acceptors (Lipinski definition) is 3. The second-order valence-corrected chi connectivity index (χ2v) is 6.57. The normalized spacial score (nSPS) is 33.3. The largest absolute Gasteiger partial charge is 0.458 e. The first-order valence-corrected chi connectivity index (χ1v) is 6.80. The van der Waals surface area contributed by atoms with E-state index < -0.39 is 47.7 Å². The van der Waals surface area contributed by atoms with Gasteiger partial charge in [-0.25, -0.2) is 13.6 Å². The Labute approximate surface area is 124 Å². The van der Waals surface area contributed by atoms with Gasteiger partial charge in [0.25, 0.3) is 5.92 Å². The molecule has 0 amide bonds. The number of rotatable bonds is 3. The van der Waals surface area contributed by atoms with Crippen LogP contribution in [0.4, 0.5) is 22.0 Å². The molecule has 8 heteroatoms. The van der Waals surface area contributed by atoms with Crippen molar-refractivity contribution in [3.05, 3.63) is 12.2 Å². The molecule has 2 aliphatic carbocycles. The Morgan fingerprint density at radius 3 is 2.14 bits per heavy atom. The van der Waals surface area contributed by atoms with Gasteiger partial charge in [-0.3, -0.25) is 0 Å². The molecule has 2 bridgehead atoms. The smallest absolute Gasteiger partial charge is 0.424 e. The zero-order valence-electron chi connectivity index (χ0n) is 12.3. The molecule has 0 radical (unpaired) electrons. The molecule has 0 saturated heterocycles. The molecule has 0 spiro atoms. The lowest BCUT2D eigenvalue weighted by atomic mass is 9.84. The van der Waals surface area contributed by atoms with Crippen LogP contribution in [0.5, 0.6) is 0 Å². The fourth-order valence-corrected chi connectivity index (χ4v) is 3.02. The van der Waals surface area contributed by atoms with Crippen LogP contribution in [0.15, 0.2) is 12.2 Å². The average molecular weight is 328 g/mol. The van der Waals surface area contributed by atoms with Gasteiger partial charge in [0.05, 0.1) is 0 Å². The lowest BCUT2D eigenvalue weighted by molar-refractivity contribution is -0.349. The summed E-state index contributed by atoms with van der Waals surface area (Å²) in [6.45, 7) is 3.36. The molecular weight excluding hydrogens is 311 g/mol. The van der Waals surface area contributed by atoms with Crippen LogP contribution in [0.25, 0.3) is 0 Å². The molecule has 2 rings (SSSR count). The lowest BCUT2D eigenvalue weighted by Gasteiger charge is -2.41. The summed E-state index contributed by atoms with van der Waals surface area (Å²) in [5.41, 5.74) is -4.61. The molecule has 0 aromatic heterocycles. The molecule has 1 saturated carbocycles. The number of allylic oxidation sites excluding steroid dienone is 1. The Morgan fingerprint density at radius 1 is 1.18 bits per heavy atom. The lowest BCUT2D eigenvalue weighted by Crippen LogP contribution is -2.63. The molecule has 0 aromatic rings. The predicted molar refractivity (Wildman–Crippen MR) is 66.3 cm³/mol. The van der Waals surface area contributed by atoms with E-state index in [-0.39, 0.29) is 6.42 Å². The summed E-state index contributed by atoms with van der Waals surface area (Å²) in [6, 6.07) is 0. The van der Waals surface area contributed by atoms with E-state index in [0.717, 1.165) is 12.2 Å². The number of alkyl halides is 5. The highest BCUT2D eigenvalue weighted by Crippen LogP contribution is 2.63. The number of carbonyl (C=O) groups excluding carboxylic acids is 1. The zero-order chi connectivity index (χ0) is 17.0. The second-order valence-electron chi connectivity index (χ2n) is 6.57. The molecule has 3 nitrogen and oxygen atoms in total. The van der Waals surface area contributed by atoms with Crippen molar-refractivity contribution in [1.82, 2.24) is 0 Å². The molecule has 2 aliphatic rings. The summed E-state index contributed by atoms with van der Waals surface area (Å²) in [7, 11) is 0. The zero-order valence-corrected chi connectivity index (χ0v) is 12.3. The maximum Gasteiger partial charge on any atom is 0.424 e. The molecule has 22 heavy (non-hydrogen) atoms. The number of fused-ring (bicyclic) bond motifs is 2. The van der Waals surface area contributed by atoms with E-state index in [9.17, 15) is 26.7 Å². The van der Waals surface area contributed by atoms with Gasteiger partial charge < -0.3 is 9.47 Å². The Hall–Kier alpha value is -1.18. The highest BCUT2D eigenvalue weighted by Gasteiger charge is 2.80. The minimum atomic E-state index is -5.30. The van der Waals surface area contributed by atoms with Crippen molar-refractivity contribution in [3.8, 4) is 0 Å². The van der Waals surface area contributed by atoms with E-state index in [1.54, 1.807) is 0 Å². The highest BCUT2D eigenvalue weighted by atomic mass is 19.4. The third kappa shape index (κ3) is 2.51. The summed E-state index contributed by atoms with van der Waals surface area (Å²) >= 11 is 0. The van der Waals surface area contributed by atoms with E-state index in [0.29, 0.717) is 0 Å². The monoisotopic (exact) mass is 328 g/mol. The van der Waals surface area contributed by atoms with Crippen molar-refractivity contribution in [2.24, 2.45) is 11.8 Å². The first-order chi connectivity index (χ1) is 9.81. The molecule has 0 aliphatic heterocycles. The van der Waals surface area contributed by atoms with Crippen LogP contribution in [-0.4, -0.2) is 35.9 Å². The number of halogens is 5. The van der Waals surface area contributed by atoms with Crippen LogP contribution in [-0.2, 0) is 14.3 Å². The van der Waals surface area contributed by atoms with E-state index in [1.807, 2.05) is 0 Å². The van der Waals surface area contributed by atoms with Crippen LogP contribution >= 0.6 is 0 Å². The number of ether oxygens (including phenoxy) is 2. The van der Waals surface area contributed by atoms with E-state index >= 15 is 0 Å². The average Bonchev–Trinajstić information content (AvgIpc) is 2.81. The quantitative estimate of drug-likeness (QED) is 0.452. The van der Waals surface area contributed by atoms with Crippen LogP contribution in [0.3, 0.4) is 0 Å². The van der Waals surface area contributed by atoms with Crippen molar-refractivity contribution in [1.29, 1.82) is 0 Å². The molecular formula is C14H17F5O3. The maximum absolute atomic E-state index is 14.2. The Morgan fingerprint density at radius 2 is 1.73 bits per heavy atom. The van der Waals surface area contributed by atoms with Gasteiger partial charge in [0.15, 0.2) is 0 Å². The minimum Gasteiger partial charge on any atom is -0.458 e. The van der Waals surface area contributed by atoms with Gasteiger partial charge in [0.2, 0.25) is 5.60 Å². The van der Waals surface area contributed by atoms with Crippen molar-refractivity contribution in [2.45, 2.75) is 50.5 Å². The van der Waals surface area contributed by atoms with Crippen molar-refractivity contribution in [2.75, 3.05) is 6.61 Å². The Kier molecular flexibility index (Phi) is 3.83. The molecule has 3 unspecified atom stereocenters. The van der Waals surface area contributed by atoms with Crippen LogP contribution < -0.4 is 0 Å². The van der Waals surface area contributed by atoms with Crippen molar-refractivity contribution in [3.63, 3.8) is 0 Å². The highest BCUT2D eigenvalue weighted by molar-refractivity contribution is 5.71. The fourth-order valence-electron chi connectivity index (χ4n) is 3.02. The first-order valence-electron chi connectivity index (χ1n) is 6.80. The van der Waals surface area contributed by atoms with Gasteiger partial charge >= 0.3 is 12.1 Å². The molecule has 0 heterocycles. The van der Waals surface area contributed by atoms with Gasteiger partial charge in [0, 0.05) is 11.8 Å². The van der Waals surface area contributed by atoms with Gasteiger partial charge in [0.1, 0.15) is 12.2 Å². The fraction of sp³-hybridized carbons (Fsp3) is 0.786. The number of carbonyl (C=O) groups is 1. The molecule has 0 N–H and O–H groups in total. The maximum atomic E-state index is 14.2. The van der Waals surface area contributed by atoms with Gasteiger partial charge in [-0.2, -0.15) is 13.2 Å². The van der Waals surface area contributed by atoms with E-state index in [2.05, 4.69) is 4.74 Å². The second kappa shape index (κ2) is 4.91. The van der Waals surface area contributed by atoms with E-state index in [4.69, 9.17) is 4.74 Å². The van der Waals surface area contributed by atoms with Crippen molar-refractivity contribution < 1.29 is 36.2 Å². The summed E-state index contributed by atoms with van der Waals surface area (Å²) in [5.74, 6) is -8.27.